The zero-order valence-corrected chi connectivity index (χ0v) is 13.5. The van der Waals surface area contributed by atoms with E-state index in [1.807, 2.05) is 31.3 Å². The molecule has 1 N–H and O–H groups in total. The van der Waals surface area contributed by atoms with Gasteiger partial charge in [-0.05, 0) is 40.0 Å². The van der Waals surface area contributed by atoms with Crippen molar-refractivity contribution >= 4 is 11.8 Å². The Labute approximate surface area is 121 Å². The molecule has 1 aliphatic carbocycles. The van der Waals surface area contributed by atoms with Crippen LogP contribution < -0.4 is 5.32 Å². The summed E-state index contributed by atoms with van der Waals surface area (Å²) < 4.78 is 2.77. The smallest absolute Gasteiger partial charge is 0.0949 e. The molecule has 108 valence electrons. The number of imidazole rings is 1. The van der Waals surface area contributed by atoms with Gasteiger partial charge in [-0.1, -0.05) is 19.3 Å². The van der Waals surface area contributed by atoms with Crippen LogP contribution in [0.4, 0.5) is 0 Å². The third-order valence-electron chi connectivity index (χ3n) is 4.63. The van der Waals surface area contributed by atoms with E-state index in [0.717, 1.165) is 6.54 Å². The van der Waals surface area contributed by atoms with Gasteiger partial charge in [0.1, 0.15) is 0 Å². The van der Waals surface area contributed by atoms with Crippen molar-refractivity contribution in [1.82, 2.24) is 14.9 Å². The second-order valence-electron chi connectivity index (χ2n) is 6.23. The van der Waals surface area contributed by atoms with Crippen molar-refractivity contribution in [3.05, 3.63) is 18.2 Å². The molecule has 1 fully saturated rings. The molecule has 0 radical (unpaired) electrons. The largest absolute Gasteiger partial charge is 0.332 e. The first kappa shape index (κ1) is 14.9. The lowest BCUT2D eigenvalue weighted by Gasteiger charge is -2.37. The minimum Gasteiger partial charge on any atom is -0.332 e. The minimum absolute atomic E-state index is 0.0231. The second-order valence-corrected chi connectivity index (χ2v) is 7.50. The van der Waals surface area contributed by atoms with Gasteiger partial charge in [0.15, 0.2) is 0 Å². The Morgan fingerprint density at radius 2 is 2.05 bits per heavy atom. The van der Waals surface area contributed by atoms with Crippen LogP contribution in [0.15, 0.2) is 12.5 Å². The number of hydrogen-bond donors (Lipinski definition) is 1. The lowest BCUT2D eigenvalue weighted by molar-refractivity contribution is 0.337. The SMILES string of the molecule is CNC(C)(C)c1cncn1CC1(SC)CCCCC1. The van der Waals surface area contributed by atoms with Crippen LogP contribution >= 0.6 is 11.8 Å². The van der Waals surface area contributed by atoms with E-state index < -0.39 is 0 Å². The maximum atomic E-state index is 4.38. The lowest BCUT2D eigenvalue weighted by Crippen LogP contribution is -2.39. The summed E-state index contributed by atoms with van der Waals surface area (Å²) >= 11 is 2.05. The van der Waals surface area contributed by atoms with Crippen molar-refractivity contribution in [3.8, 4) is 0 Å². The van der Waals surface area contributed by atoms with Gasteiger partial charge in [-0.25, -0.2) is 4.98 Å². The molecule has 19 heavy (non-hydrogen) atoms. The summed E-state index contributed by atoms with van der Waals surface area (Å²) in [6, 6.07) is 0. The summed E-state index contributed by atoms with van der Waals surface area (Å²) in [6.45, 7) is 5.52. The van der Waals surface area contributed by atoms with Gasteiger partial charge in [0, 0.05) is 17.5 Å². The fourth-order valence-corrected chi connectivity index (χ4v) is 3.99. The van der Waals surface area contributed by atoms with Gasteiger partial charge >= 0.3 is 0 Å². The summed E-state index contributed by atoms with van der Waals surface area (Å²) in [5.74, 6) is 0. The highest BCUT2D eigenvalue weighted by Gasteiger charge is 2.33. The molecule has 0 aromatic carbocycles. The highest BCUT2D eigenvalue weighted by molar-refractivity contribution is 8.00. The topological polar surface area (TPSA) is 29.9 Å². The number of nitrogens with zero attached hydrogens (tertiary/aromatic N) is 2. The Morgan fingerprint density at radius 1 is 1.37 bits per heavy atom. The number of hydrogen-bond acceptors (Lipinski definition) is 3. The molecule has 1 aliphatic rings. The van der Waals surface area contributed by atoms with E-state index in [0.29, 0.717) is 4.75 Å². The Morgan fingerprint density at radius 3 is 2.63 bits per heavy atom. The van der Waals surface area contributed by atoms with Gasteiger partial charge in [0.05, 0.1) is 17.6 Å². The van der Waals surface area contributed by atoms with Crippen LogP contribution in [0, 0.1) is 0 Å². The summed E-state index contributed by atoms with van der Waals surface area (Å²) in [6.07, 6.45) is 13.1. The van der Waals surface area contributed by atoms with E-state index in [4.69, 9.17) is 0 Å². The molecule has 0 spiro atoms. The Hall–Kier alpha value is -0.480. The monoisotopic (exact) mass is 281 g/mol. The molecule has 0 amide bonds. The van der Waals surface area contributed by atoms with Crippen molar-refractivity contribution in [1.29, 1.82) is 0 Å². The van der Waals surface area contributed by atoms with Crippen molar-refractivity contribution in [2.75, 3.05) is 13.3 Å². The van der Waals surface area contributed by atoms with Gasteiger partial charge < -0.3 is 9.88 Å². The quantitative estimate of drug-likeness (QED) is 0.897. The van der Waals surface area contributed by atoms with Gasteiger partial charge in [-0.15, -0.1) is 0 Å². The van der Waals surface area contributed by atoms with E-state index in [2.05, 4.69) is 35.0 Å². The first-order valence-electron chi connectivity index (χ1n) is 7.28. The zero-order valence-electron chi connectivity index (χ0n) is 12.7. The van der Waals surface area contributed by atoms with Crippen molar-refractivity contribution in [3.63, 3.8) is 0 Å². The summed E-state index contributed by atoms with van der Waals surface area (Å²) in [5, 5.41) is 3.38. The fraction of sp³-hybridized carbons (Fsp3) is 0.800. The van der Waals surface area contributed by atoms with Crippen molar-refractivity contribution in [2.45, 2.75) is 62.8 Å². The number of aromatic nitrogens is 2. The van der Waals surface area contributed by atoms with Crippen molar-refractivity contribution < 1.29 is 0 Å². The summed E-state index contributed by atoms with van der Waals surface area (Å²) in [5.41, 5.74) is 1.26. The van der Waals surface area contributed by atoms with Crippen LogP contribution in [-0.4, -0.2) is 27.6 Å². The molecule has 0 saturated heterocycles. The molecule has 1 saturated carbocycles. The van der Waals surface area contributed by atoms with Crippen LogP contribution in [0.3, 0.4) is 0 Å². The first-order valence-corrected chi connectivity index (χ1v) is 8.50. The summed E-state index contributed by atoms with van der Waals surface area (Å²) in [7, 11) is 2.02. The molecule has 0 aliphatic heterocycles. The standard InChI is InChI=1S/C15H27N3S/c1-14(2,16-3)13-10-17-12-18(13)11-15(19-4)8-6-5-7-9-15/h10,12,16H,5-9,11H2,1-4H3. The molecule has 0 atom stereocenters. The minimum atomic E-state index is -0.0231. The molecule has 3 nitrogen and oxygen atoms in total. The second kappa shape index (κ2) is 5.88. The van der Waals surface area contributed by atoms with Crippen LogP contribution in [-0.2, 0) is 12.1 Å². The molecule has 1 heterocycles. The molecule has 1 aromatic rings. The van der Waals surface area contributed by atoms with Crippen LogP contribution in [0.5, 0.6) is 0 Å². The van der Waals surface area contributed by atoms with Crippen molar-refractivity contribution in [2.24, 2.45) is 0 Å². The average molecular weight is 281 g/mol. The number of thioether (sulfide) groups is 1. The van der Waals surface area contributed by atoms with E-state index in [9.17, 15) is 0 Å². The maximum absolute atomic E-state index is 4.38. The third kappa shape index (κ3) is 3.16. The van der Waals surface area contributed by atoms with E-state index in [-0.39, 0.29) is 5.54 Å². The predicted octanol–water partition coefficient (Wildman–Crippen LogP) is 3.40. The van der Waals surface area contributed by atoms with Gasteiger partial charge in [0.25, 0.3) is 0 Å². The predicted molar refractivity (Wildman–Crippen MR) is 83.6 cm³/mol. The van der Waals surface area contributed by atoms with Crippen LogP contribution in [0.2, 0.25) is 0 Å². The third-order valence-corrected chi connectivity index (χ3v) is 6.04. The van der Waals surface area contributed by atoms with Crippen LogP contribution in [0.1, 0.15) is 51.6 Å². The lowest BCUT2D eigenvalue weighted by atomic mass is 9.88. The molecular formula is C15H27N3S. The normalized spacial score (nSPS) is 19.6. The highest BCUT2D eigenvalue weighted by atomic mass is 32.2. The molecular weight excluding hydrogens is 254 g/mol. The van der Waals surface area contributed by atoms with Crippen LogP contribution in [0.25, 0.3) is 0 Å². The van der Waals surface area contributed by atoms with Gasteiger partial charge in [-0.3, -0.25) is 0 Å². The molecule has 2 rings (SSSR count). The molecule has 4 heteroatoms. The number of nitrogens with one attached hydrogen (secondary N) is 1. The Bertz CT molecular complexity index is 405. The van der Waals surface area contributed by atoms with Gasteiger partial charge in [0.2, 0.25) is 0 Å². The molecule has 0 bridgehead atoms. The summed E-state index contributed by atoms with van der Waals surface area (Å²) in [4.78, 5) is 4.38. The average Bonchev–Trinajstić information content (AvgIpc) is 2.88. The zero-order chi connectivity index (χ0) is 13.9. The molecule has 0 unspecified atom stereocenters. The van der Waals surface area contributed by atoms with E-state index in [1.54, 1.807) is 0 Å². The first-order chi connectivity index (χ1) is 9.03. The van der Waals surface area contributed by atoms with E-state index >= 15 is 0 Å². The highest BCUT2D eigenvalue weighted by Crippen LogP contribution is 2.40. The van der Waals surface area contributed by atoms with Gasteiger partial charge in [-0.2, -0.15) is 11.8 Å². The van der Waals surface area contributed by atoms with E-state index in [1.165, 1.54) is 37.8 Å². The Balaban J connectivity index is 2.21. The maximum Gasteiger partial charge on any atom is 0.0949 e. The number of rotatable bonds is 5. The fourth-order valence-electron chi connectivity index (χ4n) is 3.03. The Kier molecular flexibility index (Phi) is 4.62. The molecule has 1 aromatic heterocycles.